The van der Waals surface area contributed by atoms with Crippen molar-refractivity contribution in [3.63, 3.8) is 0 Å². The van der Waals surface area contributed by atoms with Crippen LogP contribution in [0, 0.1) is 0 Å². The minimum absolute atomic E-state index is 0.00105. The smallest absolute Gasteiger partial charge is 0.480 e. The highest BCUT2D eigenvalue weighted by atomic mass is 31.2. The van der Waals surface area contributed by atoms with Crippen molar-refractivity contribution >= 4 is 13.8 Å². The molecule has 0 fully saturated rings. The molecule has 0 saturated carbocycles. The van der Waals surface area contributed by atoms with Crippen LogP contribution < -0.4 is 10.3 Å². The molecule has 1 aromatic rings. The van der Waals surface area contributed by atoms with Crippen molar-refractivity contribution in [3.8, 4) is 5.75 Å². The highest BCUT2D eigenvalue weighted by molar-refractivity contribution is 7.46. The maximum atomic E-state index is 10.8. The van der Waals surface area contributed by atoms with Crippen LogP contribution in [0.2, 0.25) is 0 Å². The summed E-state index contributed by atoms with van der Waals surface area (Å²) in [6.45, 7) is 1.38. The van der Waals surface area contributed by atoms with E-state index in [1.807, 2.05) is 0 Å². The Balaban J connectivity index is 2.78. The van der Waals surface area contributed by atoms with Crippen molar-refractivity contribution in [1.29, 1.82) is 0 Å². The Morgan fingerprint density at radius 3 is 2.28 bits per heavy atom. The molecule has 1 atom stereocenters. The zero-order valence-electron chi connectivity index (χ0n) is 9.61. The standard InChI is InChI=1S/C10H14NO6P/c1-10(11,9(12)13)6-7-2-4-8(5-3-7)17-18(14,15)16/h2-5H,6,11H2,1H3,(H,12,13)(H2,14,15,16). The fraction of sp³-hybridized carbons (Fsp3) is 0.300. The van der Waals surface area contributed by atoms with Crippen molar-refractivity contribution < 1.29 is 28.8 Å². The van der Waals surface area contributed by atoms with Crippen LogP contribution in [-0.4, -0.2) is 26.4 Å². The van der Waals surface area contributed by atoms with Gasteiger partial charge < -0.3 is 15.4 Å². The predicted molar refractivity (Wildman–Crippen MR) is 63.0 cm³/mol. The number of phosphoric acid groups is 1. The average Bonchev–Trinajstić information content (AvgIpc) is 2.18. The van der Waals surface area contributed by atoms with Gasteiger partial charge in [0.25, 0.3) is 0 Å². The maximum absolute atomic E-state index is 10.8. The van der Waals surface area contributed by atoms with E-state index in [9.17, 15) is 9.36 Å². The monoisotopic (exact) mass is 275 g/mol. The molecule has 0 aliphatic heterocycles. The Bertz CT molecular complexity index is 478. The maximum Gasteiger partial charge on any atom is 0.524 e. The summed E-state index contributed by atoms with van der Waals surface area (Å²) in [5.74, 6) is -1.13. The highest BCUT2D eigenvalue weighted by Gasteiger charge is 2.28. The number of aliphatic carboxylic acids is 1. The number of nitrogens with two attached hydrogens (primary N) is 1. The average molecular weight is 275 g/mol. The van der Waals surface area contributed by atoms with Crippen molar-refractivity contribution in [2.45, 2.75) is 18.9 Å². The van der Waals surface area contributed by atoms with Gasteiger partial charge in [-0.05, 0) is 24.6 Å². The van der Waals surface area contributed by atoms with Crippen molar-refractivity contribution in [3.05, 3.63) is 29.8 Å². The van der Waals surface area contributed by atoms with Gasteiger partial charge in [0.2, 0.25) is 0 Å². The zero-order chi connectivity index (χ0) is 14.0. The fourth-order valence-corrected chi connectivity index (χ4v) is 1.70. The van der Waals surface area contributed by atoms with Crippen LogP contribution in [0.5, 0.6) is 5.75 Å². The van der Waals surface area contributed by atoms with Crippen molar-refractivity contribution in [2.24, 2.45) is 5.73 Å². The van der Waals surface area contributed by atoms with Crippen LogP contribution in [0.4, 0.5) is 0 Å². The number of rotatable bonds is 5. The Labute approximate surface area is 103 Å². The minimum Gasteiger partial charge on any atom is -0.480 e. The van der Waals surface area contributed by atoms with E-state index >= 15 is 0 Å². The van der Waals surface area contributed by atoms with Crippen molar-refractivity contribution in [2.75, 3.05) is 0 Å². The van der Waals surface area contributed by atoms with E-state index in [0.717, 1.165) is 0 Å². The van der Waals surface area contributed by atoms with E-state index in [-0.39, 0.29) is 12.2 Å². The molecule has 1 unspecified atom stereocenters. The van der Waals surface area contributed by atoms with Gasteiger partial charge in [-0.15, -0.1) is 0 Å². The molecular weight excluding hydrogens is 261 g/mol. The van der Waals surface area contributed by atoms with Gasteiger partial charge in [0.15, 0.2) is 0 Å². The van der Waals surface area contributed by atoms with Gasteiger partial charge in [-0.2, -0.15) is 0 Å². The molecule has 18 heavy (non-hydrogen) atoms. The van der Waals surface area contributed by atoms with Gasteiger partial charge in [0.05, 0.1) is 0 Å². The van der Waals surface area contributed by atoms with Gasteiger partial charge in [0.1, 0.15) is 11.3 Å². The molecule has 100 valence electrons. The SMILES string of the molecule is CC(N)(Cc1ccc(OP(=O)(O)O)cc1)C(=O)O. The Morgan fingerprint density at radius 1 is 1.39 bits per heavy atom. The van der Waals surface area contributed by atoms with Crippen LogP contribution in [0.25, 0.3) is 0 Å². The van der Waals surface area contributed by atoms with Crippen LogP contribution in [0.1, 0.15) is 12.5 Å². The minimum atomic E-state index is -4.58. The molecule has 0 spiro atoms. The third kappa shape index (κ3) is 4.46. The summed E-state index contributed by atoms with van der Waals surface area (Å²) in [6.07, 6.45) is 0.0958. The summed E-state index contributed by atoms with van der Waals surface area (Å²) < 4.78 is 14.9. The largest absolute Gasteiger partial charge is 0.524 e. The number of hydrogen-bond donors (Lipinski definition) is 4. The molecule has 0 heterocycles. The second-order valence-electron chi connectivity index (χ2n) is 4.13. The zero-order valence-corrected chi connectivity index (χ0v) is 10.5. The summed E-state index contributed by atoms with van der Waals surface area (Å²) in [4.78, 5) is 28.0. The lowest BCUT2D eigenvalue weighted by Gasteiger charge is -2.19. The van der Waals surface area contributed by atoms with Gasteiger partial charge in [-0.25, -0.2) is 4.57 Å². The summed E-state index contributed by atoms with van der Waals surface area (Å²) in [5.41, 5.74) is 4.80. The summed E-state index contributed by atoms with van der Waals surface area (Å²) in [6, 6.07) is 5.68. The second kappa shape index (κ2) is 5.07. The number of phosphoric ester groups is 1. The summed E-state index contributed by atoms with van der Waals surface area (Å²) in [7, 11) is -4.58. The van der Waals surface area contributed by atoms with E-state index in [1.165, 1.54) is 31.2 Å². The molecule has 0 radical (unpaired) electrons. The van der Waals surface area contributed by atoms with Gasteiger partial charge in [-0.1, -0.05) is 12.1 Å². The van der Waals surface area contributed by atoms with Gasteiger partial charge in [-0.3, -0.25) is 14.6 Å². The lowest BCUT2D eigenvalue weighted by molar-refractivity contribution is -0.142. The molecular formula is C10H14NO6P. The highest BCUT2D eigenvalue weighted by Crippen LogP contribution is 2.37. The normalized spacial score (nSPS) is 14.9. The van der Waals surface area contributed by atoms with E-state index in [2.05, 4.69) is 4.52 Å². The first-order valence-electron chi connectivity index (χ1n) is 4.96. The van der Waals surface area contributed by atoms with E-state index in [1.54, 1.807) is 0 Å². The molecule has 0 amide bonds. The lowest BCUT2D eigenvalue weighted by atomic mass is 9.94. The first kappa shape index (κ1) is 14.7. The molecule has 5 N–H and O–H groups in total. The summed E-state index contributed by atoms with van der Waals surface area (Å²) in [5, 5.41) is 8.86. The Kier molecular flexibility index (Phi) is 4.13. The number of hydrogen-bond acceptors (Lipinski definition) is 4. The van der Waals surface area contributed by atoms with E-state index in [0.29, 0.717) is 5.56 Å². The van der Waals surface area contributed by atoms with Crippen LogP contribution in [0.3, 0.4) is 0 Å². The third-order valence-corrected chi connectivity index (χ3v) is 2.66. The lowest BCUT2D eigenvalue weighted by Crippen LogP contribution is -2.46. The van der Waals surface area contributed by atoms with Gasteiger partial charge in [0, 0.05) is 6.42 Å². The van der Waals surface area contributed by atoms with E-state index < -0.39 is 19.3 Å². The van der Waals surface area contributed by atoms with Crippen LogP contribution >= 0.6 is 7.82 Å². The van der Waals surface area contributed by atoms with Crippen LogP contribution in [0.15, 0.2) is 24.3 Å². The molecule has 0 bridgehead atoms. The van der Waals surface area contributed by atoms with Crippen molar-refractivity contribution in [1.82, 2.24) is 0 Å². The number of carbonyl (C=O) groups is 1. The molecule has 0 saturated heterocycles. The molecule has 8 heteroatoms. The molecule has 0 aromatic heterocycles. The fourth-order valence-electron chi connectivity index (χ4n) is 1.31. The third-order valence-electron chi connectivity index (χ3n) is 2.21. The van der Waals surface area contributed by atoms with E-state index in [4.69, 9.17) is 20.6 Å². The molecule has 1 rings (SSSR count). The predicted octanol–water partition coefficient (Wildman–Crippen LogP) is 0.503. The Hall–Kier alpha value is -1.40. The number of carboxylic acid groups (broad SMARTS) is 1. The molecule has 1 aromatic carbocycles. The van der Waals surface area contributed by atoms with Crippen LogP contribution in [-0.2, 0) is 15.8 Å². The summed E-state index contributed by atoms with van der Waals surface area (Å²) >= 11 is 0. The Morgan fingerprint density at radius 2 is 1.89 bits per heavy atom. The number of carboxylic acids is 1. The molecule has 0 aliphatic carbocycles. The quantitative estimate of drug-likeness (QED) is 0.575. The van der Waals surface area contributed by atoms with Gasteiger partial charge >= 0.3 is 13.8 Å². The first-order valence-corrected chi connectivity index (χ1v) is 6.49. The molecule has 0 aliphatic rings. The second-order valence-corrected chi connectivity index (χ2v) is 5.29. The first-order chi connectivity index (χ1) is 8.10. The topological polar surface area (TPSA) is 130 Å². The number of benzene rings is 1. The molecule has 7 nitrogen and oxygen atoms in total.